The van der Waals surface area contributed by atoms with Gasteiger partial charge in [0.05, 0.1) is 5.54 Å². The number of nitrogens with zero attached hydrogens (tertiary/aromatic N) is 1. The Morgan fingerprint density at radius 1 is 1.26 bits per heavy atom. The Kier molecular flexibility index (Phi) is 3.09. The molecule has 0 atom stereocenters. The van der Waals surface area contributed by atoms with E-state index in [1.54, 1.807) is 0 Å². The summed E-state index contributed by atoms with van der Waals surface area (Å²) >= 11 is 0. The number of aryl methyl sites for hydroxylation is 2. The first-order valence-corrected chi connectivity index (χ1v) is 7.22. The van der Waals surface area contributed by atoms with Gasteiger partial charge in [0.1, 0.15) is 0 Å². The van der Waals surface area contributed by atoms with Gasteiger partial charge in [0.15, 0.2) is 0 Å². The molecule has 0 saturated carbocycles. The van der Waals surface area contributed by atoms with Crippen LogP contribution < -0.4 is 5.32 Å². The van der Waals surface area contributed by atoms with E-state index in [-0.39, 0.29) is 11.4 Å². The third-order valence-corrected chi connectivity index (χ3v) is 4.39. The molecule has 1 fully saturated rings. The maximum absolute atomic E-state index is 12.7. The molecule has 1 amide bonds. The van der Waals surface area contributed by atoms with E-state index in [9.17, 15) is 4.79 Å². The fourth-order valence-electron chi connectivity index (χ4n) is 3.22. The maximum Gasteiger partial charge on any atom is 0.254 e. The van der Waals surface area contributed by atoms with Gasteiger partial charge in [0.2, 0.25) is 0 Å². The van der Waals surface area contributed by atoms with E-state index in [2.05, 4.69) is 31.3 Å². The number of hydrogen-bond donors (Lipinski definition) is 1. The van der Waals surface area contributed by atoms with Crippen LogP contribution in [0.3, 0.4) is 0 Å². The number of amides is 1. The number of carbonyl (C=O) groups excluding carboxylic acids is 1. The van der Waals surface area contributed by atoms with Crippen molar-refractivity contribution in [3.63, 3.8) is 0 Å². The Morgan fingerprint density at radius 3 is 2.84 bits per heavy atom. The summed E-state index contributed by atoms with van der Waals surface area (Å²) < 4.78 is 0. The van der Waals surface area contributed by atoms with Crippen molar-refractivity contribution in [2.75, 3.05) is 19.6 Å². The molecule has 1 N–H and O–H groups in total. The summed E-state index contributed by atoms with van der Waals surface area (Å²) in [5, 5.41) is 3.36. The minimum atomic E-state index is -0.103. The fourth-order valence-corrected chi connectivity index (χ4v) is 3.22. The highest BCUT2D eigenvalue weighted by Crippen LogP contribution is 2.25. The number of nitrogens with one attached hydrogen (secondary N) is 1. The molecule has 0 aromatic heterocycles. The molecular formula is C16H22N2O. The second kappa shape index (κ2) is 4.64. The van der Waals surface area contributed by atoms with Gasteiger partial charge >= 0.3 is 0 Å². The van der Waals surface area contributed by atoms with Crippen molar-refractivity contribution < 1.29 is 4.79 Å². The topological polar surface area (TPSA) is 32.3 Å². The lowest BCUT2D eigenvalue weighted by Crippen LogP contribution is -2.59. The molecule has 0 bridgehead atoms. The zero-order valence-electron chi connectivity index (χ0n) is 11.8. The fraction of sp³-hybridized carbons (Fsp3) is 0.562. The number of benzene rings is 1. The molecule has 0 spiro atoms. The van der Waals surface area contributed by atoms with Crippen LogP contribution in [0.2, 0.25) is 0 Å². The molecule has 3 nitrogen and oxygen atoms in total. The average Bonchev–Trinajstić information content (AvgIpc) is 2.84. The summed E-state index contributed by atoms with van der Waals surface area (Å²) in [6, 6.07) is 6.26. The molecule has 19 heavy (non-hydrogen) atoms. The minimum Gasteiger partial charge on any atom is -0.331 e. The molecule has 1 aliphatic heterocycles. The van der Waals surface area contributed by atoms with Crippen molar-refractivity contribution in [2.45, 2.75) is 38.6 Å². The molecule has 1 aliphatic carbocycles. The van der Waals surface area contributed by atoms with Crippen LogP contribution in [0.4, 0.5) is 0 Å². The highest BCUT2D eigenvalue weighted by molar-refractivity contribution is 5.95. The molecular weight excluding hydrogens is 236 g/mol. The molecule has 0 radical (unpaired) electrons. The van der Waals surface area contributed by atoms with E-state index >= 15 is 0 Å². The first-order chi connectivity index (χ1) is 9.08. The first kappa shape index (κ1) is 12.7. The monoisotopic (exact) mass is 258 g/mol. The number of piperazine rings is 1. The largest absolute Gasteiger partial charge is 0.331 e. The maximum atomic E-state index is 12.7. The zero-order valence-corrected chi connectivity index (χ0v) is 11.8. The van der Waals surface area contributed by atoms with E-state index in [1.807, 2.05) is 11.0 Å². The first-order valence-electron chi connectivity index (χ1n) is 7.22. The Bertz CT molecular complexity index is 507. The second-order valence-electron chi connectivity index (χ2n) is 6.28. The van der Waals surface area contributed by atoms with Gasteiger partial charge in [0, 0.05) is 25.2 Å². The second-order valence-corrected chi connectivity index (χ2v) is 6.28. The Labute approximate surface area is 115 Å². The smallest absolute Gasteiger partial charge is 0.254 e. The van der Waals surface area contributed by atoms with Gasteiger partial charge in [-0.1, -0.05) is 6.07 Å². The Hall–Kier alpha value is -1.35. The van der Waals surface area contributed by atoms with Gasteiger partial charge in [-0.05, 0) is 56.4 Å². The molecule has 3 rings (SSSR count). The van der Waals surface area contributed by atoms with Crippen LogP contribution in [-0.2, 0) is 12.8 Å². The highest BCUT2D eigenvalue weighted by atomic mass is 16.2. The van der Waals surface area contributed by atoms with Gasteiger partial charge in [-0.3, -0.25) is 4.79 Å². The zero-order chi connectivity index (χ0) is 13.5. The van der Waals surface area contributed by atoms with Crippen LogP contribution in [0, 0.1) is 0 Å². The summed E-state index contributed by atoms with van der Waals surface area (Å²) in [5.41, 5.74) is 3.56. The van der Waals surface area contributed by atoms with Crippen molar-refractivity contribution in [1.82, 2.24) is 10.2 Å². The van der Waals surface area contributed by atoms with Gasteiger partial charge in [0.25, 0.3) is 5.91 Å². The number of fused-ring (bicyclic) bond motifs is 1. The number of hydrogen-bond acceptors (Lipinski definition) is 2. The SMILES string of the molecule is CC1(C)CNCCN1C(=O)c1ccc2c(c1)CCC2. The van der Waals surface area contributed by atoms with Crippen LogP contribution in [0.5, 0.6) is 0 Å². The number of rotatable bonds is 1. The minimum absolute atomic E-state index is 0.103. The molecule has 0 unspecified atom stereocenters. The quantitative estimate of drug-likeness (QED) is 0.835. The van der Waals surface area contributed by atoms with Gasteiger partial charge in [-0.15, -0.1) is 0 Å². The lowest BCUT2D eigenvalue weighted by atomic mass is 9.97. The molecule has 1 aromatic carbocycles. The molecule has 102 valence electrons. The van der Waals surface area contributed by atoms with E-state index in [0.29, 0.717) is 0 Å². The van der Waals surface area contributed by atoms with Crippen LogP contribution in [0.1, 0.15) is 41.8 Å². The van der Waals surface area contributed by atoms with Crippen molar-refractivity contribution in [2.24, 2.45) is 0 Å². The van der Waals surface area contributed by atoms with Crippen molar-refractivity contribution in [1.29, 1.82) is 0 Å². The third-order valence-electron chi connectivity index (χ3n) is 4.39. The lowest BCUT2D eigenvalue weighted by Gasteiger charge is -2.42. The standard InChI is InChI=1S/C16H22N2O/c1-16(2)11-17-8-9-18(16)15(19)14-7-6-12-4-3-5-13(12)10-14/h6-7,10,17H,3-5,8-9,11H2,1-2H3. The van der Waals surface area contributed by atoms with E-state index in [0.717, 1.165) is 31.6 Å². The summed E-state index contributed by atoms with van der Waals surface area (Å²) in [5.74, 6) is 0.182. The van der Waals surface area contributed by atoms with Crippen LogP contribution in [0.15, 0.2) is 18.2 Å². The molecule has 1 saturated heterocycles. The summed E-state index contributed by atoms with van der Waals surface area (Å²) in [7, 11) is 0. The predicted octanol–water partition coefficient (Wildman–Crippen LogP) is 2.00. The van der Waals surface area contributed by atoms with Crippen molar-refractivity contribution >= 4 is 5.91 Å². The normalized spacial score (nSPS) is 21.3. The van der Waals surface area contributed by atoms with E-state index in [1.165, 1.54) is 24.0 Å². The van der Waals surface area contributed by atoms with E-state index < -0.39 is 0 Å². The van der Waals surface area contributed by atoms with Crippen LogP contribution in [0.25, 0.3) is 0 Å². The van der Waals surface area contributed by atoms with Crippen molar-refractivity contribution in [3.8, 4) is 0 Å². The Morgan fingerprint density at radius 2 is 2.05 bits per heavy atom. The van der Waals surface area contributed by atoms with Crippen LogP contribution >= 0.6 is 0 Å². The summed E-state index contributed by atoms with van der Waals surface area (Å²) in [6.45, 7) is 6.81. The van der Waals surface area contributed by atoms with Crippen molar-refractivity contribution in [3.05, 3.63) is 34.9 Å². The Balaban J connectivity index is 1.87. The average molecular weight is 258 g/mol. The summed E-state index contributed by atoms with van der Waals surface area (Å²) in [6.07, 6.45) is 3.52. The molecule has 3 heteroatoms. The van der Waals surface area contributed by atoms with Gasteiger partial charge in [-0.25, -0.2) is 0 Å². The van der Waals surface area contributed by atoms with Crippen LogP contribution in [-0.4, -0.2) is 36.0 Å². The third kappa shape index (κ3) is 2.27. The van der Waals surface area contributed by atoms with Gasteiger partial charge in [-0.2, -0.15) is 0 Å². The lowest BCUT2D eigenvalue weighted by molar-refractivity contribution is 0.0477. The summed E-state index contributed by atoms with van der Waals surface area (Å²) in [4.78, 5) is 14.7. The predicted molar refractivity (Wildman–Crippen MR) is 76.5 cm³/mol. The number of carbonyl (C=O) groups is 1. The molecule has 2 aliphatic rings. The van der Waals surface area contributed by atoms with E-state index in [4.69, 9.17) is 0 Å². The molecule has 1 aromatic rings. The highest BCUT2D eigenvalue weighted by Gasteiger charge is 2.33. The molecule has 1 heterocycles. The van der Waals surface area contributed by atoms with Gasteiger partial charge < -0.3 is 10.2 Å².